The van der Waals surface area contributed by atoms with Gasteiger partial charge in [-0.25, -0.2) is 0 Å². The van der Waals surface area contributed by atoms with E-state index in [1.165, 1.54) is 5.39 Å². The molecule has 0 spiro atoms. The molecule has 1 aliphatic heterocycles. The number of piperazine rings is 1. The molecular weight excluding hydrogens is 366 g/mol. The van der Waals surface area contributed by atoms with Gasteiger partial charge in [0, 0.05) is 32.2 Å². The molecule has 1 amide bonds. The molecule has 0 aliphatic carbocycles. The molecule has 1 N–H and O–H groups in total. The number of likely N-dealkylation sites (N-methyl/N-ethyl adjacent to an activating group) is 2. The van der Waals surface area contributed by atoms with Crippen molar-refractivity contribution in [3.63, 3.8) is 0 Å². The lowest BCUT2D eigenvalue weighted by Crippen LogP contribution is -2.54. The van der Waals surface area contributed by atoms with Gasteiger partial charge < -0.3 is 19.4 Å². The molecule has 1 saturated heterocycles. The van der Waals surface area contributed by atoms with Crippen LogP contribution in [0.4, 0.5) is 0 Å². The van der Waals surface area contributed by atoms with Gasteiger partial charge in [0.05, 0.1) is 0 Å². The van der Waals surface area contributed by atoms with E-state index in [9.17, 15) is 4.79 Å². The van der Waals surface area contributed by atoms with E-state index in [0.717, 1.165) is 30.8 Å². The Labute approximate surface area is 171 Å². The molecular formula is C23H27N3O3. The monoisotopic (exact) mass is 393 g/mol. The summed E-state index contributed by atoms with van der Waals surface area (Å²) in [4.78, 5) is 17.0. The van der Waals surface area contributed by atoms with Gasteiger partial charge in [0.2, 0.25) is 0 Å². The number of benzene rings is 2. The Hall–Kier alpha value is -2.83. The minimum absolute atomic E-state index is 0.191. The number of carbonyl (C=O) groups is 1. The van der Waals surface area contributed by atoms with Crippen molar-refractivity contribution in [2.75, 3.05) is 40.3 Å². The molecule has 2 heterocycles. The first-order valence-electron chi connectivity index (χ1n) is 9.96. The summed E-state index contributed by atoms with van der Waals surface area (Å²) in [6.07, 6.45) is 0. The molecule has 0 radical (unpaired) electrons. The first-order chi connectivity index (χ1) is 14.1. The van der Waals surface area contributed by atoms with Crippen LogP contribution in [0.25, 0.3) is 10.8 Å². The molecule has 1 aromatic heterocycles. The summed E-state index contributed by atoms with van der Waals surface area (Å²) in [5.74, 6) is 1.52. The quantitative estimate of drug-likeness (QED) is 0.698. The van der Waals surface area contributed by atoms with Gasteiger partial charge in [0.25, 0.3) is 5.91 Å². The predicted octanol–water partition coefficient (Wildman–Crippen LogP) is 2.99. The Balaban J connectivity index is 1.31. The molecule has 1 unspecified atom stereocenters. The van der Waals surface area contributed by atoms with Crippen LogP contribution in [0.5, 0.6) is 5.75 Å². The molecule has 29 heavy (non-hydrogen) atoms. The minimum atomic E-state index is -0.191. The molecule has 2 aromatic carbocycles. The van der Waals surface area contributed by atoms with Crippen LogP contribution >= 0.6 is 0 Å². The minimum Gasteiger partial charge on any atom is -0.486 e. The highest BCUT2D eigenvalue weighted by atomic mass is 16.5. The third kappa shape index (κ3) is 4.78. The lowest BCUT2D eigenvalue weighted by molar-refractivity contribution is 0.0854. The van der Waals surface area contributed by atoms with Crippen LogP contribution in [0.1, 0.15) is 16.3 Å². The van der Waals surface area contributed by atoms with Gasteiger partial charge in [-0.05, 0) is 49.1 Å². The van der Waals surface area contributed by atoms with E-state index in [2.05, 4.69) is 41.3 Å². The number of ether oxygens (including phenoxy) is 1. The second kappa shape index (κ2) is 8.68. The van der Waals surface area contributed by atoms with Crippen molar-refractivity contribution in [2.45, 2.75) is 12.6 Å². The maximum absolute atomic E-state index is 12.4. The fraction of sp³-hybridized carbons (Fsp3) is 0.348. The number of furan rings is 1. The van der Waals surface area contributed by atoms with E-state index in [1.807, 2.05) is 30.3 Å². The molecule has 6 nitrogen and oxygen atoms in total. The van der Waals surface area contributed by atoms with E-state index in [0.29, 0.717) is 24.1 Å². The van der Waals surface area contributed by atoms with E-state index < -0.39 is 0 Å². The zero-order valence-corrected chi connectivity index (χ0v) is 16.9. The highest BCUT2D eigenvalue weighted by Gasteiger charge is 2.23. The molecule has 1 fully saturated rings. The number of nitrogens with zero attached hydrogens (tertiary/aromatic N) is 2. The summed E-state index contributed by atoms with van der Waals surface area (Å²) >= 11 is 0. The Morgan fingerprint density at radius 1 is 1.10 bits per heavy atom. The predicted molar refractivity (Wildman–Crippen MR) is 113 cm³/mol. The van der Waals surface area contributed by atoms with Crippen molar-refractivity contribution in [1.29, 1.82) is 0 Å². The second-order valence-corrected chi connectivity index (χ2v) is 7.67. The van der Waals surface area contributed by atoms with Crippen LogP contribution in [-0.2, 0) is 6.61 Å². The summed E-state index contributed by atoms with van der Waals surface area (Å²) in [7, 11) is 4.20. The highest BCUT2D eigenvalue weighted by Crippen LogP contribution is 2.21. The van der Waals surface area contributed by atoms with Crippen molar-refractivity contribution >= 4 is 16.7 Å². The molecule has 6 heteroatoms. The topological polar surface area (TPSA) is 58.0 Å². The van der Waals surface area contributed by atoms with Crippen molar-refractivity contribution in [1.82, 2.24) is 15.1 Å². The van der Waals surface area contributed by atoms with Gasteiger partial charge in [-0.15, -0.1) is 0 Å². The van der Waals surface area contributed by atoms with Gasteiger partial charge in [-0.3, -0.25) is 9.69 Å². The van der Waals surface area contributed by atoms with Gasteiger partial charge in [0.1, 0.15) is 18.1 Å². The Kier molecular flexibility index (Phi) is 5.83. The van der Waals surface area contributed by atoms with Crippen LogP contribution in [0, 0.1) is 0 Å². The highest BCUT2D eigenvalue weighted by molar-refractivity contribution is 5.91. The van der Waals surface area contributed by atoms with Gasteiger partial charge in [-0.2, -0.15) is 0 Å². The molecule has 1 atom stereocenters. The van der Waals surface area contributed by atoms with Crippen LogP contribution in [-0.4, -0.2) is 62.0 Å². The van der Waals surface area contributed by atoms with Crippen molar-refractivity contribution in [3.8, 4) is 5.75 Å². The summed E-state index contributed by atoms with van der Waals surface area (Å²) in [5.41, 5.74) is 0. The van der Waals surface area contributed by atoms with Crippen molar-refractivity contribution in [3.05, 3.63) is 66.1 Å². The fourth-order valence-corrected chi connectivity index (χ4v) is 3.61. The smallest absolute Gasteiger partial charge is 0.287 e. The molecule has 4 rings (SSSR count). The number of rotatable bonds is 6. The number of hydrogen-bond acceptors (Lipinski definition) is 5. The van der Waals surface area contributed by atoms with Gasteiger partial charge in [0.15, 0.2) is 5.76 Å². The first kappa shape index (κ1) is 19.5. The third-order valence-electron chi connectivity index (χ3n) is 5.47. The summed E-state index contributed by atoms with van der Waals surface area (Å²) in [6, 6.07) is 17.9. The summed E-state index contributed by atoms with van der Waals surface area (Å²) in [5, 5.41) is 5.29. The van der Waals surface area contributed by atoms with Crippen LogP contribution < -0.4 is 10.1 Å². The SMILES string of the molecule is CN1CCN(C)C(CNC(=O)c2ccc(COc3ccc4ccccc4c3)o2)C1. The van der Waals surface area contributed by atoms with Crippen LogP contribution in [0.2, 0.25) is 0 Å². The third-order valence-corrected chi connectivity index (χ3v) is 5.47. The Bertz CT molecular complexity index is 984. The average molecular weight is 393 g/mol. The molecule has 0 bridgehead atoms. The molecule has 3 aromatic rings. The van der Waals surface area contributed by atoms with Crippen molar-refractivity contribution in [2.24, 2.45) is 0 Å². The van der Waals surface area contributed by atoms with E-state index >= 15 is 0 Å². The summed E-state index contributed by atoms with van der Waals surface area (Å²) < 4.78 is 11.5. The number of amides is 1. The van der Waals surface area contributed by atoms with Crippen LogP contribution in [0.15, 0.2) is 59.0 Å². The Morgan fingerprint density at radius 3 is 2.79 bits per heavy atom. The zero-order chi connectivity index (χ0) is 20.2. The fourth-order valence-electron chi connectivity index (χ4n) is 3.61. The first-order valence-corrected chi connectivity index (χ1v) is 9.96. The molecule has 152 valence electrons. The van der Waals surface area contributed by atoms with E-state index in [-0.39, 0.29) is 12.5 Å². The number of carbonyl (C=O) groups excluding carboxylic acids is 1. The second-order valence-electron chi connectivity index (χ2n) is 7.67. The molecule has 1 aliphatic rings. The zero-order valence-electron chi connectivity index (χ0n) is 16.9. The number of fused-ring (bicyclic) bond motifs is 1. The Morgan fingerprint density at radius 2 is 1.93 bits per heavy atom. The lowest BCUT2D eigenvalue weighted by atomic mass is 10.1. The number of hydrogen-bond donors (Lipinski definition) is 1. The van der Waals surface area contributed by atoms with Gasteiger partial charge >= 0.3 is 0 Å². The van der Waals surface area contributed by atoms with E-state index in [1.54, 1.807) is 12.1 Å². The summed E-state index contributed by atoms with van der Waals surface area (Å²) in [6.45, 7) is 3.89. The standard InChI is InChI=1S/C23H27N3O3/c1-25-11-12-26(2)19(15-25)14-24-23(27)22-10-9-21(29-22)16-28-20-8-7-17-5-3-4-6-18(17)13-20/h3-10,13,19H,11-12,14-16H2,1-2H3,(H,24,27). The van der Waals surface area contributed by atoms with Gasteiger partial charge in [-0.1, -0.05) is 30.3 Å². The largest absolute Gasteiger partial charge is 0.486 e. The van der Waals surface area contributed by atoms with Crippen LogP contribution in [0.3, 0.4) is 0 Å². The maximum Gasteiger partial charge on any atom is 0.287 e. The van der Waals surface area contributed by atoms with Crippen molar-refractivity contribution < 1.29 is 13.9 Å². The normalized spacial score (nSPS) is 18.1. The molecule has 0 saturated carbocycles. The lowest BCUT2D eigenvalue weighted by Gasteiger charge is -2.37. The number of nitrogens with one attached hydrogen (secondary N) is 1. The maximum atomic E-state index is 12.4. The van der Waals surface area contributed by atoms with E-state index in [4.69, 9.17) is 9.15 Å². The average Bonchev–Trinajstić information content (AvgIpc) is 3.22.